The number of anilines is 1. The van der Waals surface area contributed by atoms with Crippen LogP contribution in [0.3, 0.4) is 0 Å². The van der Waals surface area contributed by atoms with Gasteiger partial charge in [-0.15, -0.1) is 0 Å². The van der Waals surface area contributed by atoms with Gasteiger partial charge in [0.25, 0.3) is 0 Å². The predicted octanol–water partition coefficient (Wildman–Crippen LogP) is 1.69. The van der Waals surface area contributed by atoms with Gasteiger partial charge in [-0.2, -0.15) is 0 Å². The van der Waals surface area contributed by atoms with Gasteiger partial charge >= 0.3 is 0 Å². The minimum Gasteiger partial charge on any atom is -0.325 e. The van der Waals surface area contributed by atoms with E-state index >= 15 is 0 Å². The average Bonchev–Trinajstić information content (AvgIpc) is 2.31. The van der Waals surface area contributed by atoms with E-state index in [4.69, 9.17) is 0 Å². The molecule has 1 aromatic carbocycles. The van der Waals surface area contributed by atoms with Crippen molar-refractivity contribution in [1.29, 1.82) is 0 Å². The summed E-state index contributed by atoms with van der Waals surface area (Å²) in [5, 5.41) is 6.04. The van der Waals surface area contributed by atoms with Crippen molar-refractivity contribution < 1.29 is 4.79 Å². The first-order valence-electron chi connectivity index (χ1n) is 6.36. The quantitative estimate of drug-likeness (QED) is 0.723. The van der Waals surface area contributed by atoms with Crippen LogP contribution in [0.2, 0.25) is 0 Å². The summed E-state index contributed by atoms with van der Waals surface area (Å²) < 4.78 is 0. The second-order valence-electron chi connectivity index (χ2n) is 4.62. The Balaban J connectivity index is 2.57. The van der Waals surface area contributed by atoms with E-state index < -0.39 is 0 Å². The summed E-state index contributed by atoms with van der Waals surface area (Å²) in [6, 6.07) is 7.91. The highest BCUT2D eigenvalue weighted by atomic mass is 16.1. The van der Waals surface area contributed by atoms with Crippen LogP contribution < -0.4 is 10.6 Å². The third kappa shape index (κ3) is 5.29. The number of para-hydroxylation sites is 1. The van der Waals surface area contributed by atoms with E-state index in [2.05, 4.69) is 22.5 Å². The average molecular weight is 249 g/mol. The van der Waals surface area contributed by atoms with E-state index in [9.17, 15) is 4.79 Å². The molecular weight excluding hydrogens is 226 g/mol. The van der Waals surface area contributed by atoms with Crippen molar-refractivity contribution in [1.82, 2.24) is 10.2 Å². The summed E-state index contributed by atoms with van der Waals surface area (Å²) in [6.45, 7) is 4.13. The Morgan fingerprint density at radius 2 is 2.00 bits per heavy atom. The van der Waals surface area contributed by atoms with Crippen molar-refractivity contribution in [2.45, 2.75) is 19.9 Å². The fraction of sp³-hybridized carbons (Fsp3) is 0.500. The first kappa shape index (κ1) is 14.7. The number of hydrogen-bond donors (Lipinski definition) is 2. The molecule has 1 aromatic rings. The highest BCUT2D eigenvalue weighted by Gasteiger charge is 2.06. The molecule has 0 aliphatic heterocycles. The largest absolute Gasteiger partial charge is 0.325 e. The maximum absolute atomic E-state index is 11.7. The van der Waals surface area contributed by atoms with Crippen LogP contribution in [0.4, 0.5) is 5.69 Å². The molecule has 1 rings (SSSR count). The second kappa shape index (κ2) is 7.84. The topological polar surface area (TPSA) is 44.4 Å². The molecule has 0 saturated heterocycles. The van der Waals surface area contributed by atoms with Crippen LogP contribution >= 0.6 is 0 Å². The summed E-state index contributed by atoms with van der Waals surface area (Å²) >= 11 is 0. The van der Waals surface area contributed by atoms with Gasteiger partial charge < -0.3 is 15.5 Å². The molecule has 0 aliphatic rings. The molecule has 0 spiro atoms. The number of hydrogen-bond acceptors (Lipinski definition) is 3. The number of benzene rings is 1. The molecule has 100 valence electrons. The van der Waals surface area contributed by atoms with Gasteiger partial charge in [0.1, 0.15) is 0 Å². The van der Waals surface area contributed by atoms with E-state index in [1.807, 2.05) is 38.4 Å². The molecule has 0 aliphatic carbocycles. The Labute approximate surface area is 109 Å². The van der Waals surface area contributed by atoms with Gasteiger partial charge in [0.2, 0.25) is 5.91 Å². The summed E-state index contributed by atoms with van der Waals surface area (Å²) in [5.74, 6) is 0.00894. The van der Waals surface area contributed by atoms with Crippen LogP contribution in [-0.4, -0.2) is 38.0 Å². The molecule has 0 saturated carbocycles. The number of nitrogens with one attached hydrogen (secondary N) is 2. The molecule has 0 atom stereocenters. The summed E-state index contributed by atoms with van der Waals surface area (Å²) in [5.41, 5.74) is 2.03. The fourth-order valence-corrected chi connectivity index (χ4v) is 1.69. The second-order valence-corrected chi connectivity index (χ2v) is 4.62. The molecule has 4 heteroatoms. The number of carbonyl (C=O) groups excluding carboxylic acids is 1. The summed E-state index contributed by atoms with van der Waals surface area (Å²) in [7, 11) is 4.03. The molecule has 0 heterocycles. The van der Waals surface area contributed by atoms with E-state index in [0.29, 0.717) is 6.54 Å². The molecular formula is C14H23N3O. The van der Waals surface area contributed by atoms with Gasteiger partial charge in [0.05, 0.1) is 6.54 Å². The number of nitrogens with zero attached hydrogens (tertiary/aromatic N) is 1. The lowest BCUT2D eigenvalue weighted by atomic mass is 10.1. The monoisotopic (exact) mass is 249 g/mol. The lowest BCUT2D eigenvalue weighted by molar-refractivity contribution is -0.115. The maximum atomic E-state index is 11.7. The number of rotatable bonds is 7. The van der Waals surface area contributed by atoms with Crippen molar-refractivity contribution in [3.63, 3.8) is 0 Å². The number of amides is 1. The Bertz CT molecular complexity index is 377. The van der Waals surface area contributed by atoms with Crippen LogP contribution in [0.5, 0.6) is 0 Å². The SMILES string of the molecule is CCCNCC(=O)Nc1ccccc1CN(C)C. The van der Waals surface area contributed by atoms with Gasteiger partial charge in [-0.25, -0.2) is 0 Å². The van der Waals surface area contributed by atoms with Crippen molar-refractivity contribution >= 4 is 11.6 Å². The molecule has 0 unspecified atom stereocenters. The minimum absolute atomic E-state index is 0.00894. The smallest absolute Gasteiger partial charge is 0.238 e. The van der Waals surface area contributed by atoms with Gasteiger partial charge in [-0.05, 0) is 38.7 Å². The van der Waals surface area contributed by atoms with E-state index in [-0.39, 0.29) is 5.91 Å². The lowest BCUT2D eigenvalue weighted by Crippen LogP contribution is -2.29. The Morgan fingerprint density at radius 1 is 1.28 bits per heavy atom. The minimum atomic E-state index is 0.00894. The first-order chi connectivity index (χ1) is 8.63. The number of carbonyl (C=O) groups is 1. The van der Waals surface area contributed by atoms with Crippen molar-refractivity contribution in [3.8, 4) is 0 Å². The molecule has 0 radical (unpaired) electrons. The van der Waals surface area contributed by atoms with E-state index in [0.717, 1.165) is 30.8 Å². The zero-order chi connectivity index (χ0) is 13.4. The molecule has 0 fully saturated rings. The summed E-state index contributed by atoms with van der Waals surface area (Å²) in [4.78, 5) is 13.8. The van der Waals surface area contributed by atoms with Crippen LogP contribution in [0.15, 0.2) is 24.3 Å². The lowest BCUT2D eigenvalue weighted by Gasteiger charge is -2.15. The molecule has 0 bridgehead atoms. The first-order valence-corrected chi connectivity index (χ1v) is 6.36. The van der Waals surface area contributed by atoms with Crippen LogP contribution in [0, 0.1) is 0 Å². The van der Waals surface area contributed by atoms with E-state index in [1.54, 1.807) is 0 Å². The molecule has 18 heavy (non-hydrogen) atoms. The fourth-order valence-electron chi connectivity index (χ4n) is 1.69. The molecule has 4 nitrogen and oxygen atoms in total. The standard InChI is InChI=1S/C14H23N3O/c1-4-9-15-10-14(18)16-13-8-6-5-7-12(13)11-17(2)3/h5-8,15H,4,9-11H2,1-3H3,(H,16,18). The molecule has 0 aromatic heterocycles. The molecule has 1 amide bonds. The van der Waals surface area contributed by atoms with Gasteiger partial charge in [-0.1, -0.05) is 25.1 Å². The Hall–Kier alpha value is -1.39. The van der Waals surface area contributed by atoms with Crippen LogP contribution in [0.25, 0.3) is 0 Å². The van der Waals surface area contributed by atoms with Gasteiger partial charge in [0, 0.05) is 12.2 Å². The normalized spacial score (nSPS) is 10.7. The Kier molecular flexibility index (Phi) is 6.39. The zero-order valence-corrected chi connectivity index (χ0v) is 11.5. The van der Waals surface area contributed by atoms with Gasteiger partial charge in [0.15, 0.2) is 0 Å². The Morgan fingerprint density at radius 3 is 2.67 bits per heavy atom. The van der Waals surface area contributed by atoms with Crippen LogP contribution in [-0.2, 0) is 11.3 Å². The molecule has 2 N–H and O–H groups in total. The van der Waals surface area contributed by atoms with Crippen molar-refractivity contribution in [3.05, 3.63) is 29.8 Å². The van der Waals surface area contributed by atoms with Crippen LogP contribution in [0.1, 0.15) is 18.9 Å². The zero-order valence-electron chi connectivity index (χ0n) is 11.5. The predicted molar refractivity (Wildman–Crippen MR) is 75.6 cm³/mol. The maximum Gasteiger partial charge on any atom is 0.238 e. The highest BCUT2D eigenvalue weighted by molar-refractivity contribution is 5.92. The van der Waals surface area contributed by atoms with Crippen molar-refractivity contribution in [2.24, 2.45) is 0 Å². The highest BCUT2D eigenvalue weighted by Crippen LogP contribution is 2.15. The van der Waals surface area contributed by atoms with Gasteiger partial charge in [-0.3, -0.25) is 4.79 Å². The van der Waals surface area contributed by atoms with Crippen molar-refractivity contribution in [2.75, 3.05) is 32.5 Å². The summed E-state index contributed by atoms with van der Waals surface area (Å²) in [6.07, 6.45) is 1.03. The van der Waals surface area contributed by atoms with E-state index in [1.165, 1.54) is 0 Å². The third-order valence-electron chi connectivity index (χ3n) is 2.49. The third-order valence-corrected chi connectivity index (χ3v) is 2.49.